The highest BCUT2D eigenvalue weighted by molar-refractivity contribution is 5.40. The van der Waals surface area contributed by atoms with E-state index in [-0.39, 0.29) is 12.1 Å². The Labute approximate surface area is 196 Å². The van der Waals surface area contributed by atoms with E-state index in [0.29, 0.717) is 17.4 Å². The maximum absolute atomic E-state index is 14.8. The summed E-state index contributed by atoms with van der Waals surface area (Å²) in [5.41, 5.74) is -1.34. The van der Waals surface area contributed by atoms with Gasteiger partial charge < -0.3 is 5.11 Å². The average molecular weight is 479 g/mol. The highest BCUT2D eigenvalue weighted by Gasteiger charge is 2.41. The summed E-state index contributed by atoms with van der Waals surface area (Å²) in [6.45, 7) is 1.35. The van der Waals surface area contributed by atoms with E-state index in [4.69, 9.17) is 0 Å². The van der Waals surface area contributed by atoms with Crippen LogP contribution in [0.15, 0.2) is 78.6 Å². The molecule has 5 aromatic rings. The van der Waals surface area contributed by atoms with Crippen LogP contribution >= 0.6 is 0 Å². The number of halogens is 2. The van der Waals surface area contributed by atoms with Crippen molar-refractivity contribution >= 4 is 0 Å². The molecule has 0 amide bonds. The molecule has 0 fully saturated rings. The van der Waals surface area contributed by atoms with Crippen molar-refractivity contribution in [1.29, 1.82) is 0 Å². The predicted molar refractivity (Wildman–Crippen MR) is 118 cm³/mol. The van der Waals surface area contributed by atoms with Gasteiger partial charge >= 0.3 is 5.69 Å². The van der Waals surface area contributed by atoms with Crippen LogP contribution in [0.2, 0.25) is 0 Å². The van der Waals surface area contributed by atoms with Crippen LogP contribution in [-0.4, -0.2) is 49.2 Å². The van der Waals surface area contributed by atoms with Crippen molar-refractivity contribution in [2.24, 2.45) is 0 Å². The Balaban J connectivity index is 1.53. The number of benzene rings is 2. The van der Waals surface area contributed by atoms with E-state index in [2.05, 4.69) is 25.6 Å². The van der Waals surface area contributed by atoms with Gasteiger partial charge in [0.15, 0.2) is 0 Å². The molecule has 0 aliphatic carbocycles. The first-order valence-corrected chi connectivity index (χ1v) is 10.5. The molecule has 11 nitrogen and oxygen atoms in total. The Morgan fingerprint density at radius 2 is 1.83 bits per heavy atom. The average Bonchev–Trinajstić information content (AvgIpc) is 3.61. The molecule has 35 heavy (non-hydrogen) atoms. The molecular formula is C22H19F2N9O2. The van der Waals surface area contributed by atoms with Crippen molar-refractivity contribution in [3.05, 3.63) is 102 Å². The highest BCUT2D eigenvalue weighted by atomic mass is 19.1. The van der Waals surface area contributed by atoms with Crippen molar-refractivity contribution in [2.45, 2.75) is 25.1 Å². The van der Waals surface area contributed by atoms with Crippen LogP contribution in [0.25, 0.3) is 11.4 Å². The molecule has 0 saturated heterocycles. The molecular weight excluding hydrogens is 460 g/mol. The molecule has 0 unspecified atom stereocenters. The van der Waals surface area contributed by atoms with Crippen molar-refractivity contribution in [1.82, 2.24) is 44.1 Å². The monoisotopic (exact) mass is 479 g/mol. The number of aromatic nitrogens is 9. The lowest BCUT2D eigenvalue weighted by molar-refractivity contribution is -0.0342. The number of hydrogen-bond acceptors (Lipinski definition) is 7. The van der Waals surface area contributed by atoms with Gasteiger partial charge in [0, 0.05) is 24.0 Å². The molecule has 3 heterocycles. The fourth-order valence-corrected chi connectivity index (χ4v) is 4.00. The Bertz CT molecular complexity index is 1490. The lowest BCUT2D eigenvalue weighted by Crippen LogP contribution is -2.43. The van der Waals surface area contributed by atoms with Gasteiger partial charge in [-0.05, 0) is 47.7 Å². The van der Waals surface area contributed by atoms with Gasteiger partial charge in [0.2, 0.25) is 0 Å². The largest absolute Gasteiger partial charge is 0.381 e. The van der Waals surface area contributed by atoms with E-state index in [9.17, 15) is 18.7 Å². The lowest BCUT2D eigenvalue weighted by Gasteiger charge is -2.35. The van der Waals surface area contributed by atoms with Gasteiger partial charge in [-0.2, -0.15) is 5.10 Å². The number of nitrogens with zero attached hydrogens (tertiary/aromatic N) is 9. The first kappa shape index (κ1) is 22.3. The third-order valence-corrected chi connectivity index (χ3v) is 5.92. The highest BCUT2D eigenvalue weighted by Crippen LogP contribution is 2.36. The molecule has 0 radical (unpaired) electrons. The summed E-state index contributed by atoms with van der Waals surface area (Å²) in [6.07, 6.45) is 7.12. The molecule has 0 spiro atoms. The maximum Gasteiger partial charge on any atom is 0.333 e. The van der Waals surface area contributed by atoms with Crippen LogP contribution in [0.5, 0.6) is 0 Å². The first-order valence-electron chi connectivity index (χ1n) is 10.5. The second-order valence-electron chi connectivity index (χ2n) is 7.95. The zero-order valence-electron chi connectivity index (χ0n) is 18.3. The summed E-state index contributed by atoms with van der Waals surface area (Å²) in [4.78, 5) is 17.2. The molecule has 2 atom stereocenters. The Morgan fingerprint density at radius 1 is 1.06 bits per heavy atom. The number of imidazole rings is 1. The van der Waals surface area contributed by atoms with Crippen LogP contribution in [0.3, 0.4) is 0 Å². The zero-order valence-corrected chi connectivity index (χ0v) is 18.3. The zero-order chi connectivity index (χ0) is 24.6. The molecule has 0 saturated carbocycles. The van der Waals surface area contributed by atoms with Crippen LogP contribution < -0.4 is 5.69 Å². The Morgan fingerprint density at radius 3 is 2.49 bits per heavy atom. The van der Waals surface area contributed by atoms with Crippen molar-refractivity contribution in [2.75, 3.05) is 0 Å². The van der Waals surface area contributed by atoms with Gasteiger partial charge in [-0.25, -0.2) is 27.9 Å². The standard InChI is InChI=1S/C22H19F2N9O2/c1-15(22(35,11-30-13-25-12-27-30)19-7-2-16(23)10-20(19)24)31-8-9-32(21(31)34)17-3-5-18(6-4-17)33-14-26-28-29-33/h2-10,12-15,35H,11H2,1H3/t15-,22-/m1/s1. The molecule has 178 valence electrons. The summed E-state index contributed by atoms with van der Waals surface area (Å²) in [7, 11) is 0. The number of rotatable bonds is 7. The van der Waals surface area contributed by atoms with Crippen LogP contribution in [-0.2, 0) is 12.1 Å². The third kappa shape index (κ3) is 4.01. The first-order chi connectivity index (χ1) is 16.9. The SMILES string of the molecule is C[C@@H](n1ccn(-c2ccc(-n3cnnn3)cc2)c1=O)[C@](O)(Cn1cncn1)c1ccc(F)cc1F. The van der Waals surface area contributed by atoms with Gasteiger partial charge in [-0.15, -0.1) is 5.10 Å². The normalized spacial score (nSPS) is 14.1. The molecule has 0 bridgehead atoms. The van der Waals surface area contributed by atoms with E-state index in [1.165, 1.54) is 43.7 Å². The molecule has 0 aliphatic heterocycles. The summed E-state index contributed by atoms with van der Waals surface area (Å²) < 4.78 is 33.9. The smallest absolute Gasteiger partial charge is 0.333 e. The summed E-state index contributed by atoms with van der Waals surface area (Å²) >= 11 is 0. The van der Waals surface area contributed by atoms with E-state index in [1.54, 1.807) is 37.4 Å². The minimum Gasteiger partial charge on any atom is -0.381 e. The second-order valence-corrected chi connectivity index (χ2v) is 7.95. The van der Waals surface area contributed by atoms with Gasteiger partial charge in [-0.1, -0.05) is 6.07 Å². The molecule has 1 N–H and O–H groups in total. The number of hydrogen-bond donors (Lipinski definition) is 1. The summed E-state index contributed by atoms with van der Waals surface area (Å²) in [5, 5.41) is 26.8. The van der Waals surface area contributed by atoms with E-state index in [1.807, 2.05) is 0 Å². The summed E-state index contributed by atoms with van der Waals surface area (Å²) in [5.74, 6) is -1.72. The minimum atomic E-state index is -1.97. The second kappa shape index (κ2) is 8.68. The van der Waals surface area contributed by atoms with Crippen molar-refractivity contribution in [3.8, 4) is 11.4 Å². The molecule has 3 aromatic heterocycles. The van der Waals surface area contributed by atoms with E-state index < -0.39 is 29.0 Å². The fourth-order valence-electron chi connectivity index (χ4n) is 4.00. The Kier molecular flexibility index (Phi) is 5.53. The van der Waals surface area contributed by atoms with Crippen LogP contribution in [0.4, 0.5) is 8.78 Å². The van der Waals surface area contributed by atoms with Gasteiger partial charge in [0.25, 0.3) is 0 Å². The summed E-state index contributed by atoms with van der Waals surface area (Å²) in [6, 6.07) is 8.86. The Hall–Kier alpha value is -4.52. The minimum absolute atomic E-state index is 0.174. The number of tetrazole rings is 1. The molecule has 13 heteroatoms. The number of aliphatic hydroxyl groups is 1. The quantitative estimate of drug-likeness (QED) is 0.377. The van der Waals surface area contributed by atoms with Crippen molar-refractivity contribution < 1.29 is 13.9 Å². The van der Waals surface area contributed by atoms with Crippen molar-refractivity contribution in [3.63, 3.8) is 0 Å². The van der Waals surface area contributed by atoms with Gasteiger partial charge in [-0.3, -0.25) is 9.13 Å². The fraction of sp³-hybridized carbons (Fsp3) is 0.182. The van der Waals surface area contributed by atoms with E-state index >= 15 is 0 Å². The van der Waals surface area contributed by atoms with Gasteiger partial charge in [0.05, 0.1) is 24.0 Å². The third-order valence-electron chi connectivity index (χ3n) is 5.92. The molecule has 0 aliphatic rings. The van der Waals surface area contributed by atoms with Crippen LogP contribution in [0, 0.1) is 11.6 Å². The molecule has 2 aromatic carbocycles. The van der Waals surface area contributed by atoms with E-state index in [0.717, 1.165) is 12.1 Å². The molecule has 5 rings (SSSR count). The lowest BCUT2D eigenvalue weighted by atomic mass is 9.86. The van der Waals surface area contributed by atoms with Gasteiger partial charge in [0.1, 0.15) is 36.2 Å². The van der Waals surface area contributed by atoms with Crippen LogP contribution in [0.1, 0.15) is 18.5 Å². The predicted octanol–water partition coefficient (Wildman–Crippen LogP) is 1.63. The topological polar surface area (TPSA) is 121 Å². The maximum atomic E-state index is 14.8.